The molecule has 1 fully saturated rings. The molecule has 0 amide bonds. The summed E-state index contributed by atoms with van der Waals surface area (Å²) in [5, 5.41) is 0. The second-order valence-electron chi connectivity index (χ2n) is 7.29. The van der Waals surface area contributed by atoms with E-state index in [1.165, 1.54) is 83.7 Å². The third-order valence-corrected chi connectivity index (χ3v) is 5.65. The molecular formula is C20H41N. The molecule has 0 saturated carbocycles. The summed E-state index contributed by atoms with van der Waals surface area (Å²) in [7, 11) is 0. The summed E-state index contributed by atoms with van der Waals surface area (Å²) in [6.45, 7) is 12.2. The van der Waals surface area contributed by atoms with Crippen LogP contribution in [0.4, 0.5) is 0 Å². The fourth-order valence-corrected chi connectivity index (χ4v) is 4.24. The van der Waals surface area contributed by atoms with E-state index in [1.807, 2.05) is 0 Å². The van der Waals surface area contributed by atoms with Crippen molar-refractivity contribution in [3.05, 3.63) is 0 Å². The minimum absolute atomic E-state index is 0.884. The molecule has 3 atom stereocenters. The van der Waals surface area contributed by atoms with Crippen LogP contribution in [-0.4, -0.2) is 24.0 Å². The highest BCUT2D eigenvalue weighted by molar-refractivity contribution is 4.84. The number of likely N-dealkylation sites (tertiary alicyclic amines) is 1. The molecule has 1 aliphatic heterocycles. The third kappa shape index (κ3) is 6.72. The van der Waals surface area contributed by atoms with E-state index in [2.05, 4.69) is 32.6 Å². The van der Waals surface area contributed by atoms with Crippen molar-refractivity contribution in [3.63, 3.8) is 0 Å². The number of unbranched alkanes of at least 4 members (excludes halogenated alkanes) is 3. The lowest BCUT2D eigenvalue weighted by Gasteiger charge is -2.29. The zero-order valence-electron chi connectivity index (χ0n) is 15.4. The van der Waals surface area contributed by atoms with Gasteiger partial charge in [-0.05, 0) is 37.6 Å². The maximum atomic E-state index is 2.86. The van der Waals surface area contributed by atoms with E-state index in [0.717, 1.165) is 17.9 Å². The highest BCUT2D eigenvalue weighted by atomic mass is 15.2. The van der Waals surface area contributed by atoms with Gasteiger partial charge in [-0.15, -0.1) is 0 Å². The van der Waals surface area contributed by atoms with Crippen molar-refractivity contribution in [1.82, 2.24) is 4.90 Å². The Labute approximate surface area is 134 Å². The molecule has 1 saturated heterocycles. The van der Waals surface area contributed by atoms with Crippen LogP contribution in [0.15, 0.2) is 0 Å². The van der Waals surface area contributed by atoms with Crippen molar-refractivity contribution < 1.29 is 0 Å². The number of hydrogen-bond donors (Lipinski definition) is 0. The summed E-state index contributed by atoms with van der Waals surface area (Å²) in [6.07, 6.45) is 15.6. The fraction of sp³-hybridized carbons (Fsp3) is 1.00. The second-order valence-corrected chi connectivity index (χ2v) is 7.29. The topological polar surface area (TPSA) is 3.24 Å². The first-order chi connectivity index (χ1) is 10.3. The predicted octanol–water partition coefficient (Wildman–Crippen LogP) is 6.27. The predicted molar refractivity (Wildman–Crippen MR) is 95.8 cm³/mol. The average molecular weight is 296 g/mol. The Balaban J connectivity index is 2.44. The molecule has 0 aromatic rings. The molecule has 126 valence electrons. The van der Waals surface area contributed by atoms with Crippen molar-refractivity contribution in [2.75, 3.05) is 13.1 Å². The van der Waals surface area contributed by atoms with Crippen LogP contribution in [0.5, 0.6) is 0 Å². The largest absolute Gasteiger partial charge is 0.300 e. The molecule has 0 bridgehead atoms. The molecule has 1 nitrogen and oxygen atoms in total. The van der Waals surface area contributed by atoms with Crippen LogP contribution in [0.2, 0.25) is 0 Å². The van der Waals surface area contributed by atoms with E-state index >= 15 is 0 Å². The lowest BCUT2D eigenvalue weighted by atomic mass is 9.85. The summed E-state index contributed by atoms with van der Waals surface area (Å²) in [6, 6.07) is 0.884. The van der Waals surface area contributed by atoms with Gasteiger partial charge in [-0.1, -0.05) is 79.1 Å². The van der Waals surface area contributed by atoms with Crippen LogP contribution >= 0.6 is 0 Å². The van der Waals surface area contributed by atoms with Crippen molar-refractivity contribution in [1.29, 1.82) is 0 Å². The van der Waals surface area contributed by atoms with Gasteiger partial charge in [0.05, 0.1) is 0 Å². The summed E-state index contributed by atoms with van der Waals surface area (Å²) in [5.41, 5.74) is 0. The Morgan fingerprint density at radius 2 is 1.62 bits per heavy atom. The van der Waals surface area contributed by atoms with E-state index in [-0.39, 0.29) is 0 Å². The number of hydrogen-bond acceptors (Lipinski definition) is 1. The summed E-state index contributed by atoms with van der Waals surface area (Å²) < 4.78 is 0. The minimum atomic E-state index is 0.884. The Morgan fingerprint density at radius 1 is 0.857 bits per heavy atom. The van der Waals surface area contributed by atoms with Crippen molar-refractivity contribution in [2.45, 2.75) is 104 Å². The molecule has 21 heavy (non-hydrogen) atoms. The molecule has 1 aliphatic rings. The van der Waals surface area contributed by atoms with Gasteiger partial charge in [0.2, 0.25) is 0 Å². The second kappa shape index (κ2) is 11.5. The van der Waals surface area contributed by atoms with Gasteiger partial charge < -0.3 is 4.90 Å². The van der Waals surface area contributed by atoms with Crippen molar-refractivity contribution in [2.24, 2.45) is 11.8 Å². The highest BCUT2D eigenvalue weighted by Gasteiger charge is 2.31. The maximum absolute atomic E-state index is 2.86. The van der Waals surface area contributed by atoms with Crippen LogP contribution in [0, 0.1) is 11.8 Å². The zero-order valence-corrected chi connectivity index (χ0v) is 15.4. The molecule has 0 aliphatic carbocycles. The van der Waals surface area contributed by atoms with Gasteiger partial charge in [-0.3, -0.25) is 0 Å². The van der Waals surface area contributed by atoms with E-state index < -0.39 is 0 Å². The number of nitrogens with zero attached hydrogens (tertiary/aromatic N) is 1. The van der Waals surface area contributed by atoms with Crippen molar-refractivity contribution in [3.8, 4) is 0 Å². The molecule has 1 heteroatoms. The molecule has 0 aromatic heterocycles. The quantitative estimate of drug-likeness (QED) is 0.383. The van der Waals surface area contributed by atoms with E-state index in [9.17, 15) is 0 Å². The van der Waals surface area contributed by atoms with Gasteiger partial charge in [0.25, 0.3) is 0 Å². The zero-order chi connectivity index (χ0) is 15.5. The Morgan fingerprint density at radius 3 is 2.24 bits per heavy atom. The van der Waals surface area contributed by atoms with E-state index in [0.29, 0.717) is 0 Å². The van der Waals surface area contributed by atoms with Crippen LogP contribution in [0.1, 0.15) is 98.3 Å². The average Bonchev–Trinajstić information content (AvgIpc) is 2.97. The molecule has 0 spiro atoms. The van der Waals surface area contributed by atoms with Gasteiger partial charge in [-0.2, -0.15) is 0 Å². The summed E-state index contributed by atoms with van der Waals surface area (Å²) in [4.78, 5) is 2.86. The number of rotatable bonds is 12. The standard InChI is InChI=1S/C20H41N/c1-5-9-11-14-20(12-7-3)21-16-15-19(17-21)18(8-4)13-10-6-2/h18-20H,5-17H2,1-4H3. The van der Waals surface area contributed by atoms with Crippen LogP contribution < -0.4 is 0 Å². The van der Waals surface area contributed by atoms with Crippen LogP contribution in [-0.2, 0) is 0 Å². The maximum Gasteiger partial charge on any atom is 0.00952 e. The van der Waals surface area contributed by atoms with Crippen molar-refractivity contribution >= 4 is 0 Å². The summed E-state index contributed by atoms with van der Waals surface area (Å²) >= 11 is 0. The Bertz CT molecular complexity index is 238. The van der Waals surface area contributed by atoms with E-state index in [4.69, 9.17) is 0 Å². The molecule has 0 radical (unpaired) electrons. The Kier molecular flexibility index (Phi) is 10.4. The van der Waals surface area contributed by atoms with Gasteiger partial charge >= 0.3 is 0 Å². The lowest BCUT2D eigenvalue weighted by molar-refractivity contribution is 0.192. The summed E-state index contributed by atoms with van der Waals surface area (Å²) in [5.74, 6) is 1.99. The Hall–Kier alpha value is -0.0400. The SMILES string of the molecule is CCCCCC(CCC)N1CCC(C(CC)CCCC)C1. The highest BCUT2D eigenvalue weighted by Crippen LogP contribution is 2.32. The molecule has 1 heterocycles. The molecule has 3 unspecified atom stereocenters. The molecular weight excluding hydrogens is 254 g/mol. The molecule has 1 rings (SSSR count). The van der Waals surface area contributed by atoms with Gasteiger partial charge in [0, 0.05) is 12.6 Å². The first kappa shape index (κ1) is 19.0. The molecule has 0 N–H and O–H groups in total. The van der Waals surface area contributed by atoms with Crippen LogP contribution in [0.3, 0.4) is 0 Å². The van der Waals surface area contributed by atoms with Gasteiger partial charge in [-0.25, -0.2) is 0 Å². The lowest BCUT2D eigenvalue weighted by Crippen LogP contribution is -2.34. The normalized spacial score (nSPS) is 22.6. The monoisotopic (exact) mass is 295 g/mol. The first-order valence-electron chi connectivity index (χ1n) is 10.0. The van der Waals surface area contributed by atoms with E-state index in [1.54, 1.807) is 0 Å². The fourth-order valence-electron chi connectivity index (χ4n) is 4.24. The molecule has 0 aromatic carbocycles. The first-order valence-corrected chi connectivity index (χ1v) is 10.0. The minimum Gasteiger partial charge on any atom is -0.300 e. The third-order valence-electron chi connectivity index (χ3n) is 5.65. The van der Waals surface area contributed by atoms with Gasteiger partial charge in [0.15, 0.2) is 0 Å². The van der Waals surface area contributed by atoms with Gasteiger partial charge in [0.1, 0.15) is 0 Å². The smallest absolute Gasteiger partial charge is 0.00952 e. The van der Waals surface area contributed by atoms with Crippen LogP contribution in [0.25, 0.3) is 0 Å².